The summed E-state index contributed by atoms with van der Waals surface area (Å²) in [4.78, 5) is 23.7. The van der Waals surface area contributed by atoms with Crippen LogP contribution >= 0.6 is 0 Å². The van der Waals surface area contributed by atoms with Crippen LogP contribution in [0, 0.1) is 0 Å². The summed E-state index contributed by atoms with van der Waals surface area (Å²) in [6, 6.07) is 16.7. The first-order chi connectivity index (χ1) is 12.3. The first-order valence-electron chi connectivity index (χ1n) is 8.91. The van der Waals surface area contributed by atoms with E-state index in [0.29, 0.717) is 6.42 Å². The molecule has 0 radical (unpaired) electrons. The Morgan fingerprint density at radius 3 is 2.12 bits per heavy atom. The Morgan fingerprint density at radius 2 is 1.58 bits per heavy atom. The molecular weight excluding hydrogens is 326 g/mol. The van der Waals surface area contributed by atoms with Crippen molar-refractivity contribution in [3.8, 4) is 0 Å². The van der Waals surface area contributed by atoms with Gasteiger partial charge in [-0.25, -0.2) is 4.79 Å². The van der Waals surface area contributed by atoms with Gasteiger partial charge in [-0.3, -0.25) is 4.79 Å². The highest BCUT2D eigenvalue weighted by Crippen LogP contribution is 2.22. The van der Waals surface area contributed by atoms with Crippen LogP contribution in [0.1, 0.15) is 43.9 Å². The molecule has 0 unspecified atom stereocenters. The van der Waals surface area contributed by atoms with E-state index in [0.717, 1.165) is 11.1 Å². The molecule has 0 aromatic heterocycles. The molecule has 26 heavy (non-hydrogen) atoms. The number of hydrogen-bond donors (Lipinski definition) is 2. The summed E-state index contributed by atoms with van der Waals surface area (Å²) in [6.45, 7) is 6.40. The summed E-state index contributed by atoms with van der Waals surface area (Å²) < 4.78 is 0. The van der Waals surface area contributed by atoms with Gasteiger partial charge >= 0.3 is 5.97 Å². The molecular formula is C22H27NO3. The number of aliphatic carboxylic acids is 1. The summed E-state index contributed by atoms with van der Waals surface area (Å²) >= 11 is 0. The van der Waals surface area contributed by atoms with Crippen LogP contribution in [0.15, 0.2) is 54.6 Å². The monoisotopic (exact) mass is 353 g/mol. The number of carboxylic acid groups (broad SMARTS) is 1. The number of rotatable bonds is 7. The molecule has 0 bridgehead atoms. The molecule has 0 heterocycles. The second-order valence-electron chi connectivity index (χ2n) is 7.59. The summed E-state index contributed by atoms with van der Waals surface area (Å²) in [5, 5.41) is 12.1. The zero-order valence-corrected chi connectivity index (χ0v) is 15.7. The molecule has 138 valence electrons. The molecule has 0 saturated heterocycles. The van der Waals surface area contributed by atoms with Crippen molar-refractivity contribution >= 4 is 11.9 Å². The second-order valence-corrected chi connectivity index (χ2v) is 7.59. The van der Waals surface area contributed by atoms with Crippen LogP contribution < -0.4 is 5.32 Å². The van der Waals surface area contributed by atoms with E-state index in [4.69, 9.17) is 0 Å². The maximum atomic E-state index is 12.1. The third-order valence-corrected chi connectivity index (χ3v) is 4.38. The quantitative estimate of drug-likeness (QED) is 0.797. The average Bonchev–Trinajstić information content (AvgIpc) is 2.60. The first kappa shape index (κ1) is 19.7. The summed E-state index contributed by atoms with van der Waals surface area (Å²) in [5.74, 6) is -1.26. The predicted octanol–water partition coefficient (Wildman–Crippen LogP) is 3.73. The largest absolute Gasteiger partial charge is 0.480 e. The Hall–Kier alpha value is -2.62. The Labute approximate surface area is 155 Å². The van der Waals surface area contributed by atoms with Crippen LogP contribution in [0.3, 0.4) is 0 Å². The maximum Gasteiger partial charge on any atom is 0.326 e. The summed E-state index contributed by atoms with van der Waals surface area (Å²) in [5.41, 5.74) is 3.21. The molecule has 1 amide bonds. The number of amides is 1. The Balaban J connectivity index is 1.93. The van der Waals surface area contributed by atoms with Crippen molar-refractivity contribution in [2.24, 2.45) is 0 Å². The lowest BCUT2D eigenvalue weighted by molar-refractivity contribution is -0.141. The van der Waals surface area contributed by atoms with Crippen molar-refractivity contribution in [2.75, 3.05) is 0 Å². The van der Waals surface area contributed by atoms with Crippen LogP contribution in [-0.4, -0.2) is 23.0 Å². The number of carboxylic acids is 1. The highest BCUT2D eigenvalue weighted by atomic mass is 16.4. The van der Waals surface area contributed by atoms with Gasteiger partial charge in [-0.15, -0.1) is 0 Å². The lowest BCUT2D eigenvalue weighted by Crippen LogP contribution is -2.42. The molecule has 0 aliphatic rings. The van der Waals surface area contributed by atoms with Gasteiger partial charge in [0.25, 0.3) is 0 Å². The fourth-order valence-electron chi connectivity index (χ4n) is 2.75. The van der Waals surface area contributed by atoms with E-state index in [1.54, 1.807) is 0 Å². The normalized spacial score (nSPS) is 12.4. The van der Waals surface area contributed by atoms with E-state index in [-0.39, 0.29) is 24.2 Å². The standard InChI is InChI=1S/C22H27NO3/c1-22(2,3)18-12-9-17(10-13-18)15-19(21(25)26)23-20(24)14-11-16-7-5-4-6-8-16/h4-10,12-13,19H,11,14-15H2,1-3H3,(H,23,24)(H,25,26)/t19-/m1/s1. The third-order valence-electron chi connectivity index (χ3n) is 4.38. The zero-order chi connectivity index (χ0) is 19.2. The number of benzene rings is 2. The van der Waals surface area contributed by atoms with Gasteiger partial charge in [-0.1, -0.05) is 75.4 Å². The fourth-order valence-corrected chi connectivity index (χ4v) is 2.75. The minimum Gasteiger partial charge on any atom is -0.480 e. The van der Waals surface area contributed by atoms with E-state index in [1.165, 1.54) is 5.56 Å². The van der Waals surface area contributed by atoms with Crippen LogP contribution in [0.5, 0.6) is 0 Å². The van der Waals surface area contributed by atoms with Crippen molar-refractivity contribution in [2.45, 2.75) is 51.5 Å². The number of carbonyl (C=O) groups is 2. The minimum absolute atomic E-state index is 0.0520. The van der Waals surface area contributed by atoms with Gasteiger partial charge in [0.1, 0.15) is 6.04 Å². The zero-order valence-electron chi connectivity index (χ0n) is 15.7. The van der Waals surface area contributed by atoms with Gasteiger partial charge in [0.05, 0.1) is 0 Å². The molecule has 0 fully saturated rings. The van der Waals surface area contributed by atoms with Crippen LogP contribution in [0.2, 0.25) is 0 Å². The number of aryl methyl sites for hydroxylation is 1. The lowest BCUT2D eigenvalue weighted by atomic mass is 9.86. The Morgan fingerprint density at radius 1 is 0.962 bits per heavy atom. The third kappa shape index (κ3) is 6.03. The van der Waals surface area contributed by atoms with E-state index in [1.807, 2.05) is 54.6 Å². The highest BCUT2D eigenvalue weighted by Gasteiger charge is 2.21. The van der Waals surface area contributed by atoms with Gasteiger partial charge in [0.2, 0.25) is 5.91 Å². The van der Waals surface area contributed by atoms with Gasteiger partial charge in [0.15, 0.2) is 0 Å². The maximum absolute atomic E-state index is 12.1. The average molecular weight is 353 g/mol. The van der Waals surface area contributed by atoms with Crippen molar-refractivity contribution < 1.29 is 14.7 Å². The van der Waals surface area contributed by atoms with E-state index in [9.17, 15) is 14.7 Å². The van der Waals surface area contributed by atoms with Crippen molar-refractivity contribution in [3.05, 3.63) is 71.3 Å². The number of carbonyl (C=O) groups excluding carboxylic acids is 1. The molecule has 2 rings (SSSR count). The van der Waals surface area contributed by atoms with Crippen molar-refractivity contribution in [1.29, 1.82) is 0 Å². The van der Waals surface area contributed by atoms with Gasteiger partial charge in [-0.2, -0.15) is 0 Å². The Kier molecular flexibility index (Phi) is 6.56. The molecule has 4 heteroatoms. The van der Waals surface area contributed by atoms with E-state index < -0.39 is 12.0 Å². The van der Waals surface area contributed by atoms with Gasteiger partial charge in [-0.05, 0) is 28.5 Å². The minimum atomic E-state index is -1.02. The molecule has 0 aliphatic heterocycles. The Bertz CT molecular complexity index is 730. The highest BCUT2D eigenvalue weighted by molar-refractivity contribution is 5.83. The predicted molar refractivity (Wildman–Crippen MR) is 103 cm³/mol. The van der Waals surface area contributed by atoms with Crippen molar-refractivity contribution in [1.82, 2.24) is 5.32 Å². The summed E-state index contributed by atoms with van der Waals surface area (Å²) in [6.07, 6.45) is 1.15. The van der Waals surface area contributed by atoms with Crippen molar-refractivity contribution in [3.63, 3.8) is 0 Å². The molecule has 2 aromatic carbocycles. The molecule has 0 spiro atoms. The number of nitrogens with one attached hydrogen (secondary N) is 1. The van der Waals surface area contributed by atoms with E-state index in [2.05, 4.69) is 26.1 Å². The van der Waals surface area contributed by atoms with Crippen LogP contribution in [0.4, 0.5) is 0 Å². The number of hydrogen-bond acceptors (Lipinski definition) is 2. The topological polar surface area (TPSA) is 66.4 Å². The smallest absolute Gasteiger partial charge is 0.326 e. The summed E-state index contributed by atoms with van der Waals surface area (Å²) in [7, 11) is 0. The molecule has 0 saturated carbocycles. The van der Waals surface area contributed by atoms with Crippen LogP contribution in [-0.2, 0) is 27.8 Å². The molecule has 2 aromatic rings. The van der Waals surface area contributed by atoms with Crippen LogP contribution in [0.25, 0.3) is 0 Å². The molecule has 1 atom stereocenters. The molecule has 2 N–H and O–H groups in total. The molecule has 0 aliphatic carbocycles. The second kappa shape index (κ2) is 8.65. The fraction of sp³-hybridized carbons (Fsp3) is 0.364. The van der Waals surface area contributed by atoms with Gasteiger partial charge in [0, 0.05) is 12.8 Å². The molecule has 4 nitrogen and oxygen atoms in total. The lowest BCUT2D eigenvalue weighted by Gasteiger charge is -2.20. The first-order valence-corrected chi connectivity index (χ1v) is 8.91. The van der Waals surface area contributed by atoms with E-state index >= 15 is 0 Å². The SMILES string of the molecule is CC(C)(C)c1ccc(C[C@@H](NC(=O)CCc2ccccc2)C(=O)O)cc1. The van der Waals surface area contributed by atoms with Gasteiger partial charge < -0.3 is 10.4 Å².